The molecule has 0 bridgehead atoms. The van der Waals surface area contributed by atoms with Gasteiger partial charge < -0.3 is 10.2 Å². The molecular weight excluding hydrogens is 282 g/mol. The van der Waals surface area contributed by atoms with E-state index in [0.717, 1.165) is 23.7 Å². The van der Waals surface area contributed by atoms with Crippen molar-refractivity contribution in [2.24, 2.45) is 0 Å². The van der Waals surface area contributed by atoms with Crippen molar-refractivity contribution >= 4 is 22.9 Å². The van der Waals surface area contributed by atoms with E-state index in [1.54, 1.807) is 17.5 Å². The first-order chi connectivity index (χ1) is 9.13. The van der Waals surface area contributed by atoms with E-state index in [9.17, 15) is 0 Å². The fraction of sp³-hybridized carbons (Fsp3) is 0.500. The Bertz CT molecular complexity index is 508. The second-order valence-electron chi connectivity index (χ2n) is 4.53. The van der Waals surface area contributed by atoms with Crippen LogP contribution in [0.5, 0.6) is 0 Å². The predicted octanol–water partition coefficient (Wildman–Crippen LogP) is 1.86. The number of nitrogens with zero attached hydrogens (tertiary/aromatic N) is 4. The Kier molecular flexibility index (Phi) is 4.93. The number of nitrogens with one attached hydrogen (secondary N) is 1. The minimum absolute atomic E-state index is 0.0321. The number of thiazole rings is 1. The number of likely N-dealkylation sites (N-methyl/N-ethyl adjacent to an activating group) is 1. The van der Waals surface area contributed by atoms with E-state index >= 15 is 0 Å². The highest BCUT2D eigenvalue weighted by molar-refractivity contribution is 7.09. The van der Waals surface area contributed by atoms with Crippen LogP contribution in [0.1, 0.15) is 16.6 Å². The van der Waals surface area contributed by atoms with Crippen LogP contribution in [0.4, 0.5) is 0 Å². The Hall–Kier alpha value is -0.950. The topological polar surface area (TPSA) is 46.0 Å². The molecule has 2 aromatic rings. The number of hydrogen-bond acceptors (Lipinski definition) is 5. The van der Waals surface area contributed by atoms with E-state index in [1.807, 2.05) is 37.5 Å². The molecule has 0 aliphatic carbocycles. The molecule has 0 aromatic carbocycles. The summed E-state index contributed by atoms with van der Waals surface area (Å²) in [6, 6.07) is 0.0321. The van der Waals surface area contributed by atoms with E-state index in [2.05, 4.69) is 20.3 Å². The summed E-state index contributed by atoms with van der Waals surface area (Å²) < 4.78 is 1.96. The fourth-order valence-corrected chi connectivity index (χ4v) is 2.89. The Balaban J connectivity index is 2.29. The number of rotatable bonds is 6. The molecule has 104 valence electrons. The quantitative estimate of drug-likeness (QED) is 0.884. The largest absolute Gasteiger partial charge is 0.308 e. The van der Waals surface area contributed by atoms with Crippen LogP contribution in [-0.4, -0.2) is 47.4 Å². The van der Waals surface area contributed by atoms with Crippen molar-refractivity contribution in [2.45, 2.75) is 12.6 Å². The molecule has 2 heterocycles. The maximum Gasteiger partial charge on any atom is 0.0870 e. The van der Waals surface area contributed by atoms with Crippen molar-refractivity contribution < 1.29 is 0 Å². The third-order valence-corrected chi connectivity index (χ3v) is 4.02. The number of halogens is 1. The molecule has 19 heavy (non-hydrogen) atoms. The summed E-state index contributed by atoms with van der Waals surface area (Å²) in [5.74, 6) is 0. The summed E-state index contributed by atoms with van der Waals surface area (Å²) in [5, 5.41) is 8.34. The molecule has 0 fully saturated rings. The summed E-state index contributed by atoms with van der Waals surface area (Å²) >= 11 is 7.91. The lowest BCUT2D eigenvalue weighted by Crippen LogP contribution is -2.25. The van der Waals surface area contributed by atoms with E-state index < -0.39 is 0 Å². The fourth-order valence-electron chi connectivity index (χ4n) is 1.91. The van der Waals surface area contributed by atoms with E-state index in [4.69, 9.17) is 11.6 Å². The summed E-state index contributed by atoms with van der Waals surface area (Å²) in [6.07, 6.45) is 3.57. The van der Waals surface area contributed by atoms with Gasteiger partial charge in [0.15, 0.2) is 0 Å². The lowest BCUT2D eigenvalue weighted by atomic mass is 10.2. The Morgan fingerprint density at radius 3 is 2.84 bits per heavy atom. The smallest absolute Gasteiger partial charge is 0.0870 e. The predicted molar refractivity (Wildman–Crippen MR) is 78.8 cm³/mol. The van der Waals surface area contributed by atoms with Crippen molar-refractivity contribution in [3.05, 3.63) is 33.5 Å². The van der Waals surface area contributed by atoms with Crippen molar-refractivity contribution in [2.75, 3.05) is 27.7 Å². The van der Waals surface area contributed by atoms with Gasteiger partial charge in [-0.25, -0.2) is 0 Å². The molecule has 1 atom stereocenters. The molecule has 2 rings (SSSR count). The van der Waals surface area contributed by atoms with Gasteiger partial charge >= 0.3 is 0 Å². The lowest BCUT2D eigenvalue weighted by molar-refractivity contribution is 0.366. The molecule has 0 radical (unpaired) electrons. The van der Waals surface area contributed by atoms with Crippen LogP contribution in [0.3, 0.4) is 0 Å². The van der Waals surface area contributed by atoms with Crippen molar-refractivity contribution in [1.82, 2.24) is 25.0 Å². The highest BCUT2D eigenvalue weighted by Gasteiger charge is 2.21. The molecule has 0 aliphatic rings. The summed E-state index contributed by atoms with van der Waals surface area (Å²) in [5.41, 5.74) is 2.82. The van der Waals surface area contributed by atoms with Crippen molar-refractivity contribution in [3.63, 3.8) is 0 Å². The van der Waals surface area contributed by atoms with Gasteiger partial charge in [-0.05, 0) is 21.1 Å². The van der Waals surface area contributed by atoms with Crippen LogP contribution in [-0.2, 0) is 6.54 Å². The van der Waals surface area contributed by atoms with Gasteiger partial charge in [0.1, 0.15) is 0 Å². The molecule has 1 unspecified atom stereocenters. The van der Waals surface area contributed by atoms with Crippen LogP contribution >= 0.6 is 22.9 Å². The van der Waals surface area contributed by atoms with E-state index in [-0.39, 0.29) is 6.04 Å². The molecular formula is C12H18ClN5S. The highest BCUT2D eigenvalue weighted by Crippen LogP contribution is 2.29. The SMILES string of the molecule is CNC(c1cncs1)c1c(Cl)cnn1CCN(C)C. The summed E-state index contributed by atoms with van der Waals surface area (Å²) in [6.45, 7) is 1.73. The standard InChI is InChI=1S/C12H18ClN5S/c1-14-11(10-7-15-8-19-10)12-9(13)6-16-18(12)5-4-17(2)3/h6-8,11,14H,4-5H2,1-3H3. The first-order valence-electron chi connectivity index (χ1n) is 6.05. The molecule has 0 saturated heterocycles. The molecule has 5 nitrogen and oxygen atoms in total. The Morgan fingerprint density at radius 1 is 1.47 bits per heavy atom. The second kappa shape index (κ2) is 6.47. The average Bonchev–Trinajstić information content (AvgIpc) is 3.00. The summed E-state index contributed by atoms with van der Waals surface area (Å²) in [7, 11) is 6.01. The molecule has 0 aliphatic heterocycles. The molecule has 1 N–H and O–H groups in total. The van der Waals surface area contributed by atoms with Crippen molar-refractivity contribution in [3.8, 4) is 0 Å². The lowest BCUT2D eigenvalue weighted by Gasteiger charge is -2.18. The number of hydrogen-bond donors (Lipinski definition) is 1. The second-order valence-corrected chi connectivity index (χ2v) is 5.85. The zero-order valence-corrected chi connectivity index (χ0v) is 12.9. The van der Waals surface area contributed by atoms with Gasteiger partial charge in [0, 0.05) is 17.6 Å². The molecule has 2 aromatic heterocycles. The third kappa shape index (κ3) is 3.33. The maximum atomic E-state index is 6.30. The van der Waals surface area contributed by atoms with Gasteiger partial charge in [-0.3, -0.25) is 9.67 Å². The Morgan fingerprint density at radius 2 is 2.26 bits per heavy atom. The third-order valence-electron chi connectivity index (χ3n) is 2.89. The van der Waals surface area contributed by atoms with Gasteiger partial charge in [0.2, 0.25) is 0 Å². The normalized spacial score (nSPS) is 13.1. The zero-order valence-electron chi connectivity index (χ0n) is 11.3. The van der Waals surface area contributed by atoms with Crippen LogP contribution in [0, 0.1) is 0 Å². The van der Waals surface area contributed by atoms with Crippen molar-refractivity contribution in [1.29, 1.82) is 0 Å². The Labute approximate surface area is 122 Å². The van der Waals surface area contributed by atoms with Gasteiger partial charge in [0.25, 0.3) is 0 Å². The van der Waals surface area contributed by atoms with Gasteiger partial charge in [0.05, 0.1) is 35.0 Å². The van der Waals surface area contributed by atoms with Crippen LogP contribution in [0.25, 0.3) is 0 Å². The first kappa shape index (κ1) is 14.5. The van der Waals surface area contributed by atoms with E-state index in [1.165, 1.54) is 0 Å². The number of aromatic nitrogens is 3. The molecule has 7 heteroatoms. The van der Waals surface area contributed by atoms with Gasteiger partial charge in [-0.2, -0.15) is 5.10 Å². The van der Waals surface area contributed by atoms with Crippen LogP contribution in [0.2, 0.25) is 5.02 Å². The van der Waals surface area contributed by atoms with E-state index in [0.29, 0.717) is 5.02 Å². The molecule has 0 amide bonds. The highest BCUT2D eigenvalue weighted by atomic mass is 35.5. The van der Waals surface area contributed by atoms with Crippen LogP contribution < -0.4 is 5.32 Å². The first-order valence-corrected chi connectivity index (χ1v) is 7.30. The van der Waals surface area contributed by atoms with Crippen LogP contribution in [0.15, 0.2) is 17.9 Å². The van der Waals surface area contributed by atoms with Gasteiger partial charge in [-0.1, -0.05) is 11.6 Å². The maximum absolute atomic E-state index is 6.30. The average molecular weight is 300 g/mol. The zero-order chi connectivity index (χ0) is 13.8. The monoisotopic (exact) mass is 299 g/mol. The molecule has 0 saturated carbocycles. The minimum Gasteiger partial charge on any atom is -0.308 e. The van der Waals surface area contributed by atoms with Gasteiger partial charge in [-0.15, -0.1) is 11.3 Å². The summed E-state index contributed by atoms with van der Waals surface area (Å²) in [4.78, 5) is 7.39. The minimum atomic E-state index is 0.0321. The molecule has 0 spiro atoms.